The van der Waals surface area contributed by atoms with Crippen LogP contribution in [0.3, 0.4) is 0 Å². The van der Waals surface area contributed by atoms with Gasteiger partial charge in [-0.15, -0.1) is 0 Å². The summed E-state index contributed by atoms with van der Waals surface area (Å²) in [5.41, 5.74) is 6.28. The summed E-state index contributed by atoms with van der Waals surface area (Å²) in [7, 11) is 1.40. The number of carbonyl (C=O) groups excluding carboxylic acids is 1. The number of carbonyl (C=O) groups is 2. The SMILES string of the molecule is COc1cc(N)ccc1C(=O)N1C[C@@H](O)C[C@H]1C(=O)O. The molecule has 7 nitrogen and oxygen atoms in total. The maximum atomic E-state index is 12.4. The fourth-order valence-electron chi connectivity index (χ4n) is 2.31. The second-order valence-corrected chi connectivity index (χ2v) is 4.66. The second kappa shape index (κ2) is 5.38. The first-order valence-electron chi connectivity index (χ1n) is 6.09. The van der Waals surface area contributed by atoms with E-state index in [9.17, 15) is 14.7 Å². The van der Waals surface area contributed by atoms with Crippen LogP contribution in [-0.4, -0.2) is 52.8 Å². The van der Waals surface area contributed by atoms with Crippen LogP contribution < -0.4 is 10.5 Å². The van der Waals surface area contributed by atoms with Crippen molar-refractivity contribution in [3.63, 3.8) is 0 Å². The van der Waals surface area contributed by atoms with Crippen molar-refractivity contribution in [1.82, 2.24) is 4.90 Å². The molecule has 2 atom stereocenters. The summed E-state index contributed by atoms with van der Waals surface area (Å²) in [4.78, 5) is 24.7. The highest BCUT2D eigenvalue weighted by molar-refractivity contribution is 5.99. The molecule has 0 spiro atoms. The number of ether oxygens (including phenoxy) is 1. The molecule has 20 heavy (non-hydrogen) atoms. The van der Waals surface area contributed by atoms with Gasteiger partial charge in [0.05, 0.1) is 18.8 Å². The highest BCUT2D eigenvalue weighted by Crippen LogP contribution is 2.27. The Morgan fingerprint density at radius 3 is 2.75 bits per heavy atom. The van der Waals surface area contributed by atoms with Gasteiger partial charge in [0.1, 0.15) is 11.8 Å². The first kappa shape index (κ1) is 14.1. The van der Waals surface area contributed by atoms with Crippen LogP contribution >= 0.6 is 0 Å². The van der Waals surface area contributed by atoms with E-state index in [2.05, 4.69) is 0 Å². The Labute approximate surface area is 115 Å². The molecule has 0 aliphatic carbocycles. The Bertz CT molecular complexity index is 546. The molecular weight excluding hydrogens is 264 g/mol. The molecule has 1 aliphatic rings. The minimum atomic E-state index is -1.13. The van der Waals surface area contributed by atoms with Crippen LogP contribution in [0.15, 0.2) is 18.2 Å². The van der Waals surface area contributed by atoms with Gasteiger partial charge in [0.15, 0.2) is 0 Å². The maximum Gasteiger partial charge on any atom is 0.326 e. The van der Waals surface area contributed by atoms with Crippen molar-refractivity contribution >= 4 is 17.6 Å². The van der Waals surface area contributed by atoms with Crippen molar-refractivity contribution in [1.29, 1.82) is 0 Å². The average Bonchev–Trinajstić information content (AvgIpc) is 2.80. The van der Waals surface area contributed by atoms with Gasteiger partial charge >= 0.3 is 5.97 Å². The Kier molecular flexibility index (Phi) is 3.80. The van der Waals surface area contributed by atoms with Gasteiger partial charge in [0.2, 0.25) is 0 Å². The van der Waals surface area contributed by atoms with Gasteiger partial charge < -0.3 is 25.6 Å². The third-order valence-electron chi connectivity index (χ3n) is 3.28. The van der Waals surface area contributed by atoms with Crippen molar-refractivity contribution < 1.29 is 24.5 Å². The fraction of sp³-hybridized carbons (Fsp3) is 0.385. The summed E-state index contributed by atoms with van der Waals surface area (Å²) in [5.74, 6) is -1.35. The summed E-state index contributed by atoms with van der Waals surface area (Å²) < 4.78 is 5.09. The molecule has 0 saturated carbocycles. The number of nitrogen functional groups attached to an aromatic ring is 1. The topological polar surface area (TPSA) is 113 Å². The van der Waals surface area contributed by atoms with Crippen LogP contribution in [0, 0.1) is 0 Å². The molecule has 7 heteroatoms. The normalized spacial score (nSPS) is 21.8. The molecule has 0 aromatic heterocycles. The monoisotopic (exact) mass is 280 g/mol. The lowest BCUT2D eigenvalue weighted by molar-refractivity contribution is -0.141. The van der Waals surface area contributed by atoms with Crippen molar-refractivity contribution in [3.05, 3.63) is 23.8 Å². The Balaban J connectivity index is 2.33. The van der Waals surface area contributed by atoms with Gasteiger partial charge in [-0.1, -0.05) is 0 Å². The third kappa shape index (κ3) is 2.53. The van der Waals surface area contributed by atoms with E-state index in [1.807, 2.05) is 0 Å². The molecule has 4 N–H and O–H groups in total. The van der Waals surface area contributed by atoms with Gasteiger partial charge in [0.25, 0.3) is 5.91 Å². The molecule has 1 amide bonds. The minimum Gasteiger partial charge on any atom is -0.496 e. The number of aliphatic hydroxyl groups excluding tert-OH is 1. The van der Waals surface area contributed by atoms with E-state index >= 15 is 0 Å². The molecule has 0 radical (unpaired) electrons. The van der Waals surface area contributed by atoms with Crippen molar-refractivity contribution in [2.24, 2.45) is 0 Å². The molecule has 1 heterocycles. The molecular formula is C13H16N2O5. The van der Waals surface area contributed by atoms with Gasteiger partial charge in [-0.25, -0.2) is 4.79 Å². The number of β-amino-alcohol motifs (C(OH)–C–C–N with tert-alkyl or cyclic N) is 1. The number of aliphatic carboxylic acids is 1. The van der Waals surface area contributed by atoms with Gasteiger partial charge in [0, 0.05) is 24.7 Å². The summed E-state index contributed by atoms with van der Waals surface area (Å²) in [6, 6.07) is 3.49. The predicted octanol–water partition coefficient (Wildman–Crippen LogP) is -0.0626. The number of methoxy groups -OCH3 is 1. The molecule has 1 aliphatic heterocycles. The molecule has 2 rings (SSSR count). The van der Waals surface area contributed by atoms with Crippen LogP contribution in [0.1, 0.15) is 16.8 Å². The molecule has 0 bridgehead atoms. The lowest BCUT2D eigenvalue weighted by Crippen LogP contribution is -2.40. The maximum absolute atomic E-state index is 12.4. The largest absolute Gasteiger partial charge is 0.496 e. The molecule has 108 valence electrons. The van der Waals surface area contributed by atoms with Crippen molar-refractivity contribution in [2.45, 2.75) is 18.6 Å². The minimum absolute atomic E-state index is 0.0106. The number of benzene rings is 1. The average molecular weight is 280 g/mol. The van der Waals surface area contributed by atoms with Crippen LogP contribution in [0.5, 0.6) is 5.75 Å². The number of carboxylic acids is 1. The Morgan fingerprint density at radius 1 is 1.45 bits per heavy atom. The van der Waals surface area contributed by atoms with E-state index in [0.29, 0.717) is 5.69 Å². The van der Waals surface area contributed by atoms with E-state index in [0.717, 1.165) is 4.90 Å². The summed E-state index contributed by atoms with van der Waals surface area (Å²) in [6.07, 6.45) is -0.807. The zero-order valence-electron chi connectivity index (χ0n) is 10.9. The van der Waals surface area contributed by atoms with Crippen molar-refractivity contribution in [2.75, 3.05) is 19.4 Å². The van der Waals surface area contributed by atoms with Crippen LogP contribution in [0.25, 0.3) is 0 Å². The number of rotatable bonds is 3. The second-order valence-electron chi connectivity index (χ2n) is 4.66. The van der Waals surface area contributed by atoms with Crippen LogP contribution in [0.2, 0.25) is 0 Å². The zero-order valence-corrected chi connectivity index (χ0v) is 10.9. The van der Waals surface area contributed by atoms with E-state index in [-0.39, 0.29) is 24.3 Å². The van der Waals surface area contributed by atoms with Gasteiger partial charge in [-0.2, -0.15) is 0 Å². The standard InChI is InChI=1S/C13H16N2O5/c1-20-11-4-7(14)2-3-9(11)12(17)15-6-8(16)5-10(15)13(18)19/h2-4,8,10,16H,5-6,14H2,1H3,(H,18,19)/t8-,10-/m0/s1. The Hall–Kier alpha value is -2.28. The summed E-state index contributed by atoms with van der Waals surface area (Å²) in [5, 5.41) is 18.7. The summed E-state index contributed by atoms with van der Waals surface area (Å²) >= 11 is 0. The van der Waals surface area contributed by atoms with E-state index in [1.165, 1.54) is 25.3 Å². The third-order valence-corrected chi connectivity index (χ3v) is 3.28. The number of nitrogens with two attached hydrogens (primary N) is 1. The van der Waals surface area contributed by atoms with Crippen LogP contribution in [0.4, 0.5) is 5.69 Å². The highest BCUT2D eigenvalue weighted by Gasteiger charge is 2.39. The van der Waals surface area contributed by atoms with Gasteiger partial charge in [-0.3, -0.25) is 4.79 Å². The number of hydrogen-bond donors (Lipinski definition) is 3. The lowest BCUT2D eigenvalue weighted by atomic mass is 10.1. The number of hydrogen-bond acceptors (Lipinski definition) is 5. The molecule has 1 aromatic rings. The van der Waals surface area contributed by atoms with E-state index in [1.54, 1.807) is 0 Å². The first-order chi connectivity index (χ1) is 9.43. The molecule has 1 saturated heterocycles. The lowest BCUT2D eigenvalue weighted by Gasteiger charge is -2.22. The number of likely N-dealkylation sites (tertiary alicyclic amines) is 1. The number of nitrogens with zero attached hydrogens (tertiary/aromatic N) is 1. The number of amides is 1. The van der Waals surface area contributed by atoms with E-state index < -0.39 is 24.0 Å². The quantitative estimate of drug-likeness (QED) is 0.668. The van der Waals surface area contributed by atoms with Crippen LogP contribution in [-0.2, 0) is 4.79 Å². The molecule has 1 aromatic carbocycles. The zero-order chi connectivity index (χ0) is 14.9. The predicted molar refractivity (Wildman–Crippen MR) is 70.5 cm³/mol. The highest BCUT2D eigenvalue weighted by atomic mass is 16.5. The Morgan fingerprint density at radius 2 is 2.15 bits per heavy atom. The number of aliphatic hydroxyl groups is 1. The van der Waals surface area contributed by atoms with Crippen molar-refractivity contribution in [3.8, 4) is 5.75 Å². The van der Waals surface area contributed by atoms with Gasteiger partial charge in [-0.05, 0) is 12.1 Å². The number of anilines is 1. The molecule has 1 fully saturated rings. The molecule has 0 unspecified atom stereocenters. The first-order valence-corrected chi connectivity index (χ1v) is 6.09. The summed E-state index contributed by atoms with van der Waals surface area (Å²) in [6.45, 7) is -0.0106. The number of carboxylic acid groups (broad SMARTS) is 1. The van der Waals surface area contributed by atoms with E-state index in [4.69, 9.17) is 15.6 Å². The smallest absolute Gasteiger partial charge is 0.326 e. The fourth-order valence-corrected chi connectivity index (χ4v) is 2.31.